The van der Waals surface area contributed by atoms with E-state index in [1.54, 1.807) is 22.8 Å². The number of fused-ring (bicyclic) bond motifs is 1. The van der Waals surface area contributed by atoms with Crippen LogP contribution in [-0.2, 0) is 15.7 Å². The van der Waals surface area contributed by atoms with E-state index in [9.17, 15) is 13.2 Å². The predicted molar refractivity (Wildman–Crippen MR) is 81.2 cm³/mol. The highest BCUT2D eigenvalue weighted by Crippen LogP contribution is 2.31. The van der Waals surface area contributed by atoms with Gasteiger partial charge in [-0.15, -0.1) is 0 Å². The molecule has 0 N–H and O–H groups in total. The SMILES string of the molecule is COC=O.Cc1cc(-c2ccc(C(F)(F)F)cc2)n2nccc2n1. The lowest BCUT2D eigenvalue weighted by molar-refractivity contribution is -0.137. The summed E-state index contributed by atoms with van der Waals surface area (Å²) in [6, 6.07) is 8.57. The molecule has 0 aliphatic carbocycles. The molecule has 0 radical (unpaired) electrons. The zero-order valence-corrected chi connectivity index (χ0v) is 12.9. The molecule has 0 unspecified atom stereocenters. The number of halogens is 3. The highest BCUT2D eigenvalue weighted by atomic mass is 19.4. The van der Waals surface area contributed by atoms with Crippen molar-refractivity contribution < 1.29 is 22.7 Å². The van der Waals surface area contributed by atoms with Crippen molar-refractivity contribution in [2.24, 2.45) is 0 Å². The first kappa shape index (κ1) is 17.5. The van der Waals surface area contributed by atoms with Crippen LogP contribution in [0.3, 0.4) is 0 Å². The van der Waals surface area contributed by atoms with Crippen molar-refractivity contribution in [1.82, 2.24) is 14.6 Å². The second-order valence-corrected chi connectivity index (χ2v) is 4.79. The summed E-state index contributed by atoms with van der Waals surface area (Å²) >= 11 is 0. The van der Waals surface area contributed by atoms with E-state index in [1.165, 1.54) is 19.2 Å². The molecule has 24 heavy (non-hydrogen) atoms. The van der Waals surface area contributed by atoms with Crippen LogP contribution in [0, 0.1) is 6.92 Å². The fourth-order valence-electron chi connectivity index (χ4n) is 2.07. The van der Waals surface area contributed by atoms with Gasteiger partial charge in [-0.1, -0.05) is 12.1 Å². The second kappa shape index (κ2) is 7.12. The topological polar surface area (TPSA) is 56.5 Å². The number of benzene rings is 1. The van der Waals surface area contributed by atoms with Crippen molar-refractivity contribution in [2.45, 2.75) is 13.1 Å². The van der Waals surface area contributed by atoms with Crippen molar-refractivity contribution in [3.05, 3.63) is 53.9 Å². The summed E-state index contributed by atoms with van der Waals surface area (Å²) in [7, 11) is 1.31. The Morgan fingerprint density at radius 1 is 1.17 bits per heavy atom. The maximum Gasteiger partial charge on any atom is 0.416 e. The molecule has 3 rings (SSSR count). The van der Waals surface area contributed by atoms with Crippen molar-refractivity contribution >= 4 is 12.1 Å². The Bertz CT molecular complexity index is 827. The van der Waals surface area contributed by atoms with Gasteiger partial charge in [-0.3, -0.25) is 4.79 Å². The minimum absolute atomic E-state index is 0.375. The van der Waals surface area contributed by atoms with Gasteiger partial charge in [0.1, 0.15) is 0 Å². The Balaban J connectivity index is 0.000000471. The summed E-state index contributed by atoms with van der Waals surface area (Å²) in [5, 5.41) is 4.14. The van der Waals surface area contributed by atoms with E-state index in [0.29, 0.717) is 23.4 Å². The number of aromatic nitrogens is 3. The Hall–Kier alpha value is -2.90. The van der Waals surface area contributed by atoms with Crippen LogP contribution < -0.4 is 0 Å². The highest BCUT2D eigenvalue weighted by molar-refractivity contribution is 5.63. The molecule has 0 bridgehead atoms. The monoisotopic (exact) mass is 337 g/mol. The summed E-state index contributed by atoms with van der Waals surface area (Å²) < 4.78 is 43.2. The largest absolute Gasteiger partial charge is 0.471 e. The number of carbonyl (C=O) groups is 1. The van der Waals surface area contributed by atoms with Crippen molar-refractivity contribution in [1.29, 1.82) is 0 Å². The molecule has 2 heterocycles. The fourth-order valence-corrected chi connectivity index (χ4v) is 2.07. The molecule has 0 fully saturated rings. The maximum absolute atomic E-state index is 12.6. The van der Waals surface area contributed by atoms with Gasteiger partial charge in [0.15, 0.2) is 5.65 Å². The standard InChI is InChI=1S/C14H10F3N3.C2H4O2/c1-9-8-12(20-13(19-9)6-7-18-20)10-2-4-11(5-3-10)14(15,16)17;1-4-2-3/h2-8H,1H3;2H,1H3. The fraction of sp³-hybridized carbons (Fsp3) is 0.188. The van der Waals surface area contributed by atoms with Gasteiger partial charge in [0.05, 0.1) is 24.6 Å². The molecule has 126 valence electrons. The molecular weight excluding hydrogens is 323 g/mol. The van der Waals surface area contributed by atoms with Crippen LogP contribution in [0.2, 0.25) is 0 Å². The molecular formula is C16H14F3N3O2. The minimum Gasteiger partial charge on any atom is -0.471 e. The van der Waals surface area contributed by atoms with Gasteiger partial charge in [0, 0.05) is 17.3 Å². The lowest BCUT2D eigenvalue weighted by Crippen LogP contribution is -2.04. The molecule has 0 spiro atoms. The third kappa shape index (κ3) is 3.89. The normalized spacial score (nSPS) is 10.9. The summed E-state index contributed by atoms with van der Waals surface area (Å²) in [5.41, 5.74) is 2.17. The van der Waals surface area contributed by atoms with Crippen LogP contribution in [0.5, 0.6) is 0 Å². The zero-order valence-electron chi connectivity index (χ0n) is 12.9. The molecule has 0 saturated heterocycles. The number of rotatable bonds is 2. The summed E-state index contributed by atoms with van der Waals surface area (Å²) in [6.45, 7) is 2.21. The van der Waals surface area contributed by atoms with Crippen LogP contribution in [0.1, 0.15) is 11.3 Å². The van der Waals surface area contributed by atoms with E-state index in [0.717, 1.165) is 17.8 Å². The van der Waals surface area contributed by atoms with Crippen LogP contribution >= 0.6 is 0 Å². The maximum atomic E-state index is 12.6. The van der Waals surface area contributed by atoms with Gasteiger partial charge < -0.3 is 4.74 Å². The van der Waals surface area contributed by atoms with E-state index in [1.807, 2.05) is 6.92 Å². The van der Waals surface area contributed by atoms with Gasteiger partial charge in [0.2, 0.25) is 0 Å². The molecule has 0 aliphatic heterocycles. The number of hydrogen-bond acceptors (Lipinski definition) is 4. The number of hydrogen-bond donors (Lipinski definition) is 0. The second-order valence-electron chi connectivity index (χ2n) is 4.79. The predicted octanol–water partition coefficient (Wildman–Crippen LogP) is 3.51. The van der Waals surface area contributed by atoms with E-state index in [-0.39, 0.29) is 0 Å². The van der Waals surface area contributed by atoms with Gasteiger partial charge in [-0.2, -0.15) is 18.3 Å². The molecule has 0 aliphatic rings. The summed E-state index contributed by atoms with van der Waals surface area (Å²) in [6.07, 6.45) is -2.72. The van der Waals surface area contributed by atoms with Crippen molar-refractivity contribution in [2.75, 3.05) is 7.11 Å². The number of alkyl halides is 3. The lowest BCUT2D eigenvalue weighted by atomic mass is 10.1. The smallest absolute Gasteiger partial charge is 0.416 e. The lowest BCUT2D eigenvalue weighted by Gasteiger charge is -2.09. The molecule has 8 heteroatoms. The third-order valence-electron chi connectivity index (χ3n) is 3.09. The molecule has 1 aromatic carbocycles. The van der Waals surface area contributed by atoms with E-state index in [2.05, 4.69) is 14.8 Å². The number of ether oxygens (including phenoxy) is 1. The highest BCUT2D eigenvalue weighted by Gasteiger charge is 2.30. The first-order valence-electron chi connectivity index (χ1n) is 6.82. The first-order valence-corrected chi connectivity index (χ1v) is 6.82. The molecule has 0 atom stereocenters. The Labute approximate surface area is 135 Å². The Kier molecular flexibility index (Phi) is 5.18. The van der Waals surface area contributed by atoms with Crippen LogP contribution in [0.25, 0.3) is 16.9 Å². The quantitative estimate of drug-likeness (QED) is 0.672. The molecule has 2 aromatic heterocycles. The molecule has 5 nitrogen and oxygen atoms in total. The number of carbonyl (C=O) groups excluding carboxylic acids is 1. The Morgan fingerprint density at radius 3 is 2.33 bits per heavy atom. The van der Waals surface area contributed by atoms with Gasteiger partial charge in [-0.25, -0.2) is 9.50 Å². The molecule has 0 saturated carbocycles. The number of nitrogens with zero attached hydrogens (tertiary/aromatic N) is 3. The van der Waals surface area contributed by atoms with Gasteiger partial charge in [0.25, 0.3) is 6.47 Å². The van der Waals surface area contributed by atoms with Crippen molar-refractivity contribution in [3.8, 4) is 11.3 Å². The van der Waals surface area contributed by atoms with E-state index < -0.39 is 11.7 Å². The molecule has 0 amide bonds. The van der Waals surface area contributed by atoms with Gasteiger partial charge in [-0.05, 0) is 25.1 Å². The minimum atomic E-state index is -4.33. The third-order valence-corrected chi connectivity index (χ3v) is 3.09. The van der Waals surface area contributed by atoms with Crippen LogP contribution in [0.4, 0.5) is 13.2 Å². The average molecular weight is 337 g/mol. The van der Waals surface area contributed by atoms with Crippen LogP contribution in [-0.4, -0.2) is 28.2 Å². The Morgan fingerprint density at radius 2 is 1.79 bits per heavy atom. The molecule has 3 aromatic rings. The van der Waals surface area contributed by atoms with Crippen molar-refractivity contribution in [3.63, 3.8) is 0 Å². The number of aryl methyl sites for hydroxylation is 1. The number of methoxy groups -OCH3 is 1. The summed E-state index contributed by atoms with van der Waals surface area (Å²) in [4.78, 5) is 13.3. The van der Waals surface area contributed by atoms with Crippen LogP contribution in [0.15, 0.2) is 42.6 Å². The van der Waals surface area contributed by atoms with E-state index in [4.69, 9.17) is 4.79 Å². The average Bonchev–Trinajstić information content (AvgIpc) is 3.02. The zero-order chi connectivity index (χ0) is 17.7. The van der Waals surface area contributed by atoms with Gasteiger partial charge >= 0.3 is 6.18 Å². The first-order chi connectivity index (χ1) is 11.4. The summed E-state index contributed by atoms with van der Waals surface area (Å²) in [5.74, 6) is 0. The van der Waals surface area contributed by atoms with E-state index >= 15 is 0 Å².